The number of anilines is 1. The first kappa shape index (κ1) is 14.3. The van der Waals surface area contributed by atoms with Crippen LogP contribution in [0.2, 0.25) is 0 Å². The van der Waals surface area contributed by atoms with Crippen LogP contribution in [0.1, 0.15) is 11.4 Å². The fraction of sp³-hybridized carbons (Fsp3) is 0.312. The van der Waals surface area contributed by atoms with Gasteiger partial charge in [0.2, 0.25) is 5.88 Å². The first-order chi connectivity index (χ1) is 10.6. The minimum atomic E-state index is 0.547. The van der Waals surface area contributed by atoms with Gasteiger partial charge in [0.25, 0.3) is 0 Å². The molecule has 0 aromatic carbocycles. The summed E-state index contributed by atoms with van der Waals surface area (Å²) in [4.78, 5) is 17.5. The van der Waals surface area contributed by atoms with E-state index in [9.17, 15) is 0 Å². The summed E-state index contributed by atoms with van der Waals surface area (Å²) in [6.07, 6.45) is 5.81. The molecule has 0 saturated carbocycles. The highest BCUT2D eigenvalue weighted by Gasteiger charge is 2.16. The van der Waals surface area contributed by atoms with Gasteiger partial charge in [0.15, 0.2) is 0 Å². The van der Waals surface area contributed by atoms with E-state index in [1.54, 1.807) is 13.3 Å². The molecular weight excluding hydrogens is 278 g/mol. The van der Waals surface area contributed by atoms with Crippen molar-refractivity contribution in [2.45, 2.75) is 13.8 Å². The van der Waals surface area contributed by atoms with Gasteiger partial charge >= 0.3 is 0 Å². The van der Waals surface area contributed by atoms with Crippen molar-refractivity contribution in [3.8, 4) is 17.1 Å². The third-order valence-electron chi connectivity index (χ3n) is 3.47. The van der Waals surface area contributed by atoms with Gasteiger partial charge in [-0.05, 0) is 31.5 Å². The van der Waals surface area contributed by atoms with Crippen LogP contribution in [-0.4, -0.2) is 40.7 Å². The van der Waals surface area contributed by atoms with Crippen molar-refractivity contribution in [3.63, 3.8) is 0 Å². The maximum Gasteiger partial charge on any atom is 0.226 e. The van der Waals surface area contributed by atoms with Gasteiger partial charge in [-0.15, -0.1) is 0 Å². The predicted octanol–water partition coefficient (Wildman–Crippen LogP) is 2.34. The first-order valence-electron chi connectivity index (χ1n) is 7.08. The second-order valence-electron chi connectivity index (χ2n) is 5.39. The Morgan fingerprint density at radius 1 is 1.14 bits per heavy atom. The molecule has 0 aliphatic carbocycles. The molecule has 3 rings (SSSR count). The Morgan fingerprint density at radius 3 is 2.64 bits per heavy atom. The first-order valence-corrected chi connectivity index (χ1v) is 7.08. The molecule has 6 nitrogen and oxygen atoms in total. The lowest BCUT2D eigenvalue weighted by Gasteiger charge is -2.19. The smallest absolute Gasteiger partial charge is 0.226 e. The Hall–Kier alpha value is -2.63. The van der Waals surface area contributed by atoms with Crippen LogP contribution in [0.15, 0.2) is 30.7 Å². The summed E-state index contributed by atoms with van der Waals surface area (Å²) in [6.45, 7) is 4.68. The quantitative estimate of drug-likeness (QED) is 0.867. The summed E-state index contributed by atoms with van der Waals surface area (Å²) in [5.74, 6) is 2.13. The Kier molecular flexibility index (Phi) is 3.66. The zero-order valence-corrected chi connectivity index (χ0v) is 13.2. The summed E-state index contributed by atoms with van der Waals surface area (Å²) < 4.78 is 5.38. The van der Waals surface area contributed by atoms with E-state index in [1.807, 2.05) is 32.4 Å². The van der Waals surface area contributed by atoms with Gasteiger partial charge in [0, 0.05) is 25.6 Å². The molecule has 2 aromatic rings. The molecule has 0 unspecified atom stereocenters. The van der Waals surface area contributed by atoms with Crippen LogP contribution in [0.4, 0.5) is 5.82 Å². The highest BCUT2D eigenvalue weighted by Crippen LogP contribution is 2.29. The van der Waals surface area contributed by atoms with Crippen molar-refractivity contribution in [1.82, 2.24) is 19.9 Å². The zero-order chi connectivity index (χ0) is 15.7. The number of aromatic nitrogens is 3. The van der Waals surface area contributed by atoms with Crippen molar-refractivity contribution in [3.05, 3.63) is 42.1 Å². The van der Waals surface area contributed by atoms with Crippen LogP contribution >= 0.6 is 0 Å². The molecule has 22 heavy (non-hydrogen) atoms. The number of aryl methyl sites for hydroxylation is 2. The number of hydrogen-bond acceptors (Lipinski definition) is 6. The summed E-state index contributed by atoms with van der Waals surface area (Å²) >= 11 is 0. The number of nitrogens with zero attached hydrogens (tertiary/aromatic N) is 5. The average Bonchev–Trinajstić information content (AvgIpc) is 2.93. The molecule has 0 fully saturated rings. The lowest BCUT2D eigenvalue weighted by molar-refractivity contribution is 0.397. The standard InChI is InChI=1S/C16H19N5O/c1-11-7-14(13-9-17-12(2)18-16(13)22-4)19-15(8-11)21-6-5-20(3)10-21/h5-9H,10H2,1-4H3. The summed E-state index contributed by atoms with van der Waals surface area (Å²) in [5, 5.41) is 0. The molecule has 0 amide bonds. The van der Waals surface area contributed by atoms with E-state index in [-0.39, 0.29) is 0 Å². The molecular formula is C16H19N5O. The molecule has 0 bridgehead atoms. The van der Waals surface area contributed by atoms with Gasteiger partial charge in [-0.2, -0.15) is 4.98 Å². The fourth-order valence-electron chi connectivity index (χ4n) is 2.39. The molecule has 0 N–H and O–H groups in total. The van der Waals surface area contributed by atoms with Crippen LogP contribution in [0.5, 0.6) is 5.88 Å². The van der Waals surface area contributed by atoms with Crippen LogP contribution in [0.25, 0.3) is 11.3 Å². The number of pyridine rings is 1. The number of methoxy groups -OCH3 is 1. The van der Waals surface area contributed by atoms with Crippen molar-refractivity contribution in [1.29, 1.82) is 0 Å². The van der Waals surface area contributed by atoms with Gasteiger partial charge < -0.3 is 14.5 Å². The largest absolute Gasteiger partial charge is 0.480 e. The molecule has 114 valence electrons. The second-order valence-corrected chi connectivity index (χ2v) is 5.39. The van der Waals surface area contributed by atoms with Gasteiger partial charge in [-0.25, -0.2) is 9.97 Å². The Bertz CT molecular complexity index is 728. The molecule has 0 spiro atoms. The Balaban J connectivity index is 2.05. The van der Waals surface area contributed by atoms with E-state index in [1.165, 1.54) is 0 Å². The van der Waals surface area contributed by atoms with Crippen molar-refractivity contribution in [2.24, 2.45) is 0 Å². The number of ether oxygens (including phenoxy) is 1. The van der Waals surface area contributed by atoms with E-state index < -0.39 is 0 Å². The van der Waals surface area contributed by atoms with Crippen LogP contribution < -0.4 is 9.64 Å². The zero-order valence-electron chi connectivity index (χ0n) is 13.2. The van der Waals surface area contributed by atoms with Crippen molar-refractivity contribution >= 4 is 5.82 Å². The van der Waals surface area contributed by atoms with E-state index in [2.05, 4.69) is 32.8 Å². The summed E-state index contributed by atoms with van der Waals surface area (Å²) in [6, 6.07) is 4.08. The Labute approximate surface area is 130 Å². The lowest BCUT2D eigenvalue weighted by Crippen LogP contribution is -2.22. The van der Waals surface area contributed by atoms with Gasteiger partial charge in [0.1, 0.15) is 11.6 Å². The molecule has 2 aromatic heterocycles. The predicted molar refractivity (Wildman–Crippen MR) is 85.5 cm³/mol. The third-order valence-corrected chi connectivity index (χ3v) is 3.47. The van der Waals surface area contributed by atoms with Crippen LogP contribution in [0.3, 0.4) is 0 Å². The Morgan fingerprint density at radius 2 is 1.95 bits per heavy atom. The van der Waals surface area contributed by atoms with Crippen molar-refractivity contribution in [2.75, 3.05) is 25.7 Å². The molecule has 0 saturated heterocycles. The summed E-state index contributed by atoms with van der Waals surface area (Å²) in [7, 11) is 3.64. The van der Waals surface area contributed by atoms with Gasteiger partial charge in [-0.1, -0.05) is 0 Å². The molecule has 6 heteroatoms. The normalized spacial score (nSPS) is 13.8. The highest BCUT2D eigenvalue weighted by molar-refractivity contribution is 5.67. The number of hydrogen-bond donors (Lipinski definition) is 0. The molecule has 0 radical (unpaired) electrons. The van der Waals surface area contributed by atoms with Crippen molar-refractivity contribution < 1.29 is 4.74 Å². The average molecular weight is 297 g/mol. The van der Waals surface area contributed by atoms with Crippen LogP contribution in [0, 0.1) is 13.8 Å². The van der Waals surface area contributed by atoms with Crippen LogP contribution in [-0.2, 0) is 0 Å². The SMILES string of the molecule is COc1nc(C)ncc1-c1cc(C)cc(N2C=CN(C)C2)n1. The minimum Gasteiger partial charge on any atom is -0.480 e. The number of rotatable bonds is 3. The van der Waals surface area contributed by atoms with Gasteiger partial charge in [0.05, 0.1) is 25.0 Å². The van der Waals surface area contributed by atoms with E-state index in [4.69, 9.17) is 9.72 Å². The molecule has 0 atom stereocenters. The van der Waals surface area contributed by atoms with Gasteiger partial charge in [-0.3, -0.25) is 0 Å². The third kappa shape index (κ3) is 2.72. The minimum absolute atomic E-state index is 0.547. The summed E-state index contributed by atoms with van der Waals surface area (Å²) in [5.41, 5.74) is 2.75. The maximum atomic E-state index is 5.38. The lowest BCUT2D eigenvalue weighted by atomic mass is 10.1. The molecule has 1 aliphatic rings. The highest BCUT2D eigenvalue weighted by atomic mass is 16.5. The second kappa shape index (κ2) is 5.63. The molecule has 3 heterocycles. The van der Waals surface area contributed by atoms with E-state index in [0.717, 1.165) is 29.3 Å². The monoisotopic (exact) mass is 297 g/mol. The van der Waals surface area contributed by atoms with E-state index >= 15 is 0 Å². The fourth-order valence-corrected chi connectivity index (χ4v) is 2.39. The topological polar surface area (TPSA) is 54.4 Å². The molecule has 1 aliphatic heterocycles. The maximum absolute atomic E-state index is 5.38. The van der Waals surface area contributed by atoms with E-state index in [0.29, 0.717) is 11.7 Å².